The standard InChI is InChI=1S/C21H21F3N2O4/c1-3-25(4-2)19(27)11-12-26-17-13-15(7-10-18(17)29-20(26)28)14-5-8-16(9-6-14)30-21(22,23)24/h5-10,13H,3-4,11-12H2,1-2H3. The second-order valence-electron chi connectivity index (χ2n) is 6.59. The molecule has 160 valence electrons. The van der Waals surface area contributed by atoms with Gasteiger partial charge in [0.25, 0.3) is 0 Å². The second-order valence-corrected chi connectivity index (χ2v) is 6.59. The molecule has 1 amide bonds. The highest BCUT2D eigenvalue weighted by Gasteiger charge is 2.31. The number of amides is 1. The Kier molecular flexibility index (Phi) is 6.19. The van der Waals surface area contributed by atoms with Crippen LogP contribution in [0.25, 0.3) is 22.2 Å². The summed E-state index contributed by atoms with van der Waals surface area (Å²) < 4.78 is 47.5. The molecule has 0 radical (unpaired) electrons. The molecule has 3 aromatic rings. The molecule has 6 nitrogen and oxygen atoms in total. The number of nitrogens with zero attached hydrogens (tertiary/aromatic N) is 2. The number of aryl methyl sites for hydroxylation is 1. The van der Waals surface area contributed by atoms with Crippen molar-refractivity contribution in [2.75, 3.05) is 13.1 Å². The molecule has 3 rings (SSSR count). The van der Waals surface area contributed by atoms with Gasteiger partial charge in [0, 0.05) is 26.1 Å². The zero-order chi connectivity index (χ0) is 21.9. The Bertz CT molecular complexity index is 1080. The number of aromatic nitrogens is 1. The number of oxazole rings is 1. The molecule has 0 spiro atoms. The van der Waals surface area contributed by atoms with E-state index < -0.39 is 12.1 Å². The van der Waals surface area contributed by atoms with Gasteiger partial charge in [-0.25, -0.2) is 4.79 Å². The van der Waals surface area contributed by atoms with Gasteiger partial charge in [0.1, 0.15) is 5.75 Å². The number of carbonyl (C=O) groups is 1. The summed E-state index contributed by atoms with van der Waals surface area (Å²) in [7, 11) is 0. The predicted octanol–water partition coefficient (Wildman–Crippen LogP) is 4.42. The van der Waals surface area contributed by atoms with Crippen molar-refractivity contribution in [3.8, 4) is 16.9 Å². The van der Waals surface area contributed by atoms with E-state index in [9.17, 15) is 22.8 Å². The fourth-order valence-electron chi connectivity index (χ4n) is 3.24. The molecule has 0 atom stereocenters. The van der Waals surface area contributed by atoms with E-state index in [1.54, 1.807) is 23.1 Å². The summed E-state index contributed by atoms with van der Waals surface area (Å²) in [5.74, 6) is -0.941. The maximum Gasteiger partial charge on any atom is 0.573 e. The fraction of sp³-hybridized carbons (Fsp3) is 0.333. The number of alkyl halides is 3. The van der Waals surface area contributed by atoms with E-state index in [4.69, 9.17) is 4.42 Å². The fourth-order valence-corrected chi connectivity index (χ4v) is 3.24. The van der Waals surface area contributed by atoms with Gasteiger partial charge in [-0.3, -0.25) is 9.36 Å². The van der Waals surface area contributed by atoms with Crippen LogP contribution in [0.3, 0.4) is 0 Å². The molecule has 9 heteroatoms. The van der Waals surface area contributed by atoms with Crippen LogP contribution in [0.2, 0.25) is 0 Å². The smallest absolute Gasteiger partial charge is 0.408 e. The number of carbonyl (C=O) groups excluding carboxylic acids is 1. The van der Waals surface area contributed by atoms with Crippen molar-refractivity contribution >= 4 is 17.0 Å². The van der Waals surface area contributed by atoms with E-state index in [0.29, 0.717) is 35.3 Å². The quantitative estimate of drug-likeness (QED) is 0.566. The SMILES string of the molecule is CCN(CC)C(=O)CCn1c(=O)oc2ccc(-c3ccc(OC(F)(F)F)cc3)cc21. The first kappa shape index (κ1) is 21.5. The lowest BCUT2D eigenvalue weighted by atomic mass is 10.1. The average molecular weight is 422 g/mol. The van der Waals surface area contributed by atoms with E-state index in [1.165, 1.54) is 28.8 Å². The van der Waals surface area contributed by atoms with E-state index in [-0.39, 0.29) is 24.6 Å². The highest BCUT2D eigenvalue weighted by atomic mass is 19.4. The molecular weight excluding hydrogens is 401 g/mol. The number of hydrogen-bond donors (Lipinski definition) is 0. The molecule has 0 saturated carbocycles. The predicted molar refractivity (Wildman–Crippen MR) is 105 cm³/mol. The van der Waals surface area contributed by atoms with Crippen LogP contribution in [0.4, 0.5) is 13.2 Å². The summed E-state index contributed by atoms with van der Waals surface area (Å²) in [5.41, 5.74) is 2.22. The Balaban J connectivity index is 1.86. The van der Waals surface area contributed by atoms with E-state index >= 15 is 0 Å². The molecule has 1 aromatic heterocycles. The van der Waals surface area contributed by atoms with Crippen LogP contribution in [0.1, 0.15) is 20.3 Å². The van der Waals surface area contributed by atoms with Gasteiger partial charge >= 0.3 is 12.1 Å². The number of ether oxygens (including phenoxy) is 1. The lowest BCUT2D eigenvalue weighted by molar-refractivity contribution is -0.274. The molecule has 1 heterocycles. The normalized spacial score (nSPS) is 11.6. The van der Waals surface area contributed by atoms with Gasteiger partial charge in [0.15, 0.2) is 5.58 Å². The van der Waals surface area contributed by atoms with E-state index in [1.807, 2.05) is 13.8 Å². The summed E-state index contributed by atoms with van der Waals surface area (Å²) in [6.45, 7) is 5.13. The zero-order valence-corrected chi connectivity index (χ0v) is 16.5. The Morgan fingerprint density at radius 2 is 1.70 bits per heavy atom. The first-order valence-corrected chi connectivity index (χ1v) is 9.49. The Morgan fingerprint density at radius 1 is 1.07 bits per heavy atom. The van der Waals surface area contributed by atoms with Crippen molar-refractivity contribution in [2.45, 2.75) is 33.2 Å². The van der Waals surface area contributed by atoms with Crippen LogP contribution < -0.4 is 10.5 Å². The number of hydrogen-bond acceptors (Lipinski definition) is 4. The van der Waals surface area contributed by atoms with Crippen LogP contribution in [-0.2, 0) is 11.3 Å². The van der Waals surface area contributed by atoms with Crippen LogP contribution in [0.15, 0.2) is 51.7 Å². The summed E-state index contributed by atoms with van der Waals surface area (Å²) >= 11 is 0. The second kappa shape index (κ2) is 8.64. The monoisotopic (exact) mass is 422 g/mol. The minimum Gasteiger partial charge on any atom is -0.408 e. The lowest BCUT2D eigenvalue weighted by Gasteiger charge is -2.18. The summed E-state index contributed by atoms with van der Waals surface area (Å²) in [5, 5.41) is 0. The third-order valence-corrected chi connectivity index (χ3v) is 4.75. The topological polar surface area (TPSA) is 64.7 Å². The molecule has 0 saturated heterocycles. The summed E-state index contributed by atoms with van der Waals surface area (Å²) in [6, 6.07) is 10.5. The highest BCUT2D eigenvalue weighted by molar-refractivity contribution is 5.81. The first-order valence-electron chi connectivity index (χ1n) is 9.49. The first-order chi connectivity index (χ1) is 14.2. The molecule has 0 aliphatic rings. The summed E-state index contributed by atoms with van der Waals surface area (Å²) in [6.07, 6.45) is -4.60. The third-order valence-electron chi connectivity index (χ3n) is 4.75. The molecule has 0 fully saturated rings. The van der Waals surface area contributed by atoms with Gasteiger partial charge in [-0.05, 0) is 49.2 Å². The molecular formula is C21H21F3N2O4. The average Bonchev–Trinajstić information content (AvgIpc) is 3.01. The maximum absolute atomic E-state index is 12.3. The molecule has 2 aromatic carbocycles. The Hall–Kier alpha value is -3.23. The largest absolute Gasteiger partial charge is 0.573 e. The van der Waals surface area contributed by atoms with Crippen LogP contribution >= 0.6 is 0 Å². The van der Waals surface area contributed by atoms with E-state index in [0.717, 1.165) is 0 Å². The molecule has 0 unspecified atom stereocenters. The Morgan fingerprint density at radius 3 is 2.30 bits per heavy atom. The van der Waals surface area contributed by atoms with Crippen molar-refractivity contribution in [1.82, 2.24) is 9.47 Å². The molecule has 0 aliphatic heterocycles. The van der Waals surface area contributed by atoms with Gasteiger partial charge in [0.05, 0.1) is 5.52 Å². The molecule has 30 heavy (non-hydrogen) atoms. The van der Waals surface area contributed by atoms with Crippen LogP contribution in [0, 0.1) is 0 Å². The Labute approximate surface area is 170 Å². The molecule has 0 N–H and O–H groups in total. The van der Waals surface area contributed by atoms with Crippen LogP contribution in [-0.4, -0.2) is 34.8 Å². The van der Waals surface area contributed by atoms with Crippen molar-refractivity contribution in [2.24, 2.45) is 0 Å². The van der Waals surface area contributed by atoms with Crippen molar-refractivity contribution < 1.29 is 27.1 Å². The van der Waals surface area contributed by atoms with Crippen molar-refractivity contribution in [3.63, 3.8) is 0 Å². The maximum atomic E-state index is 12.3. The van der Waals surface area contributed by atoms with Gasteiger partial charge in [-0.1, -0.05) is 18.2 Å². The minimum atomic E-state index is -4.75. The third kappa shape index (κ3) is 4.84. The lowest BCUT2D eigenvalue weighted by Crippen LogP contribution is -2.31. The minimum absolute atomic E-state index is 0.0577. The number of fused-ring (bicyclic) bond motifs is 1. The zero-order valence-electron chi connectivity index (χ0n) is 16.5. The summed E-state index contributed by atoms with van der Waals surface area (Å²) in [4.78, 5) is 26.2. The van der Waals surface area contributed by atoms with Gasteiger partial charge in [-0.2, -0.15) is 0 Å². The van der Waals surface area contributed by atoms with Gasteiger partial charge in [-0.15, -0.1) is 13.2 Å². The van der Waals surface area contributed by atoms with Crippen LogP contribution in [0.5, 0.6) is 5.75 Å². The highest BCUT2D eigenvalue weighted by Crippen LogP contribution is 2.28. The van der Waals surface area contributed by atoms with E-state index in [2.05, 4.69) is 4.74 Å². The number of halogens is 3. The van der Waals surface area contributed by atoms with Gasteiger partial charge < -0.3 is 14.1 Å². The molecule has 0 bridgehead atoms. The van der Waals surface area contributed by atoms with Crippen molar-refractivity contribution in [3.05, 3.63) is 53.0 Å². The van der Waals surface area contributed by atoms with Gasteiger partial charge in [0.2, 0.25) is 5.91 Å². The molecule has 0 aliphatic carbocycles. The number of benzene rings is 2. The number of rotatable bonds is 7. The van der Waals surface area contributed by atoms with Crippen molar-refractivity contribution in [1.29, 1.82) is 0 Å².